The number of phenols is 1. The topological polar surface area (TPSA) is 114 Å². The van der Waals surface area contributed by atoms with E-state index in [1.807, 2.05) is 0 Å². The van der Waals surface area contributed by atoms with Gasteiger partial charge in [-0.2, -0.15) is 0 Å². The molecule has 0 fully saturated rings. The van der Waals surface area contributed by atoms with Gasteiger partial charge >= 0.3 is 6.16 Å². The van der Waals surface area contributed by atoms with Gasteiger partial charge < -0.3 is 25.2 Å². The Morgan fingerprint density at radius 3 is 2.28 bits per heavy atom. The van der Waals surface area contributed by atoms with Gasteiger partial charge in [-0.15, -0.1) is 0 Å². The number of benzene rings is 3. The van der Waals surface area contributed by atoms with E-state index in [4.69, 9.17) is 9.47 Å². The van der Waals surface area contributed by atoms with Crippen molar-refractivity contribution in [3.05, 3.63) is 89.5 Å². The lowest BCUT2D eigenvalue weighted by molar-refractivity contribution is 0.0950. The third-order valence-corrected chi connectivity index (χ3v) is 4.43. The van der Waals surface area contributed by atoms with Crippen LogP contribution in [0.15, 0.2) is 72.8 Å². The van der Waals surface area contributed by atoms with Crippen LogP contribution in [-0.2, 0) is 11.3 Å². The van der Waals surface area contributed by atoms with Crippen LogP contribution in [0, 0.1) is 0 Å². The molecule has 0 aliphatic heterocycles. The molecule has 8 nitrogen and oxygen atoms in total. The molecule has 3 rings (SSSR count). The summed E-state index contributed by atoms with van der Waals surface area (Å²) in [6.45, 7) is 2.04. The molecule has 3 aromatic carbocycles. The molecule has 0 heterocycles. The molecule has 3 aromatic rings. The summed E-state index contributed by atoms with van der Waals surface area (Å²) in [5.41, 5.74) is 1.72. The summed E-state index contributed by atoms with van der Waals surface area (Å²) in [6.07, 6.45) is -0.813. The summed E-state index contributed by atoms with van der Waals surface area (Å²) < 4.78 is 9.67. The first kappa shape index (κ1) is 22.4. The molecule has 2 amide bonds. The van der Waals surface area contributed by atoms with Gasteiger partial charge in [0.25, 0.3) is 11.8 Å². The lowest BCUT2D eigenvalue weighted by Gasteiger charge is -2.13. The van der Waals surface area contributed by atoms with Crippen molar-refractivity contribution in [1.82, 2.24) is 5.32 Å². The Morgan fingerprint density at radius 1 is 0.875 bits per heavy atom. The Bertz CT molecular complexity index is 1110. The molecule has 0 unspecified atom stereocenters. The number of phenolic OH excluding ortho intramolecular Hbond substituents is 1. The average molecular weight is 434 g/mol. The number of aromatic hydroxyl groups is 1. The molecule has 164 valence electrons. The zero-order valence-corrected chi connectivity index (χ0v) is 17.3. The summed E-state index contributed by atoms with van der Waals surface area (Å²) in [6, 6.07) is 19.3. The highest BCUT2D eigenvalue weighted by atomic mass is 16.7. The van der Waals surface area contributed by atoms with Crippen LogP contribution in [0.25, 0.3) is 0 Å². The Balaban J connectivity index is 1.62. The predicted molar refractivity (Wildman–Crippen MR) is 118 cm³/mol. The van der Waals surface area contributed by atoms with Gasteiger partial charge in [0, 0.05) is 17.8 Å². The number of rotatable bonds is 7. The molecule has 32 heavy (non-hydrogen) atoms. The molecule has 0 saturated carbocycles. The first-order valence-corrected chi connectivity index (χ1v) is 9.88. The van der Waals surface area contributed by atoms with Gasteiger partial charge in [0.15, 0.2) is 0 Å². The van der Waals surface area contributed by atoms with Crippen LogP contribution in [0.1, 0.15) is 33.2 Å². The van der Waals surface area contributed by atoms with Crippen molar-refractivity contribution in [3.8, 4) is 11.5 Å². The fourth-order valence-electron chi connectivity index (χ4n) is 2.85. The van der Waals surface area contributed by atoms with E-state index in [0.29, 0.717) is 16.8 Å². The van der Waals surface area contributed by atoms with Crippen LogP contribution in [-0.4, -0.2) is 29.7 Å². The first-order valence-electron chi connectivity index (χ1n) is 9.88. The SMILES string of the molecule is CCOC(=O)Oc1ccc(C(=O)NCc2ccccc2NC(=O)c2ccccc2O)cc1. The van der Waals surface area contributed by atoms with Crippen molar-refractivity contribution in [2.24, 2.45) is 0 Å². The second kappa shape index (κ2) is 10.6. The third-order valence-electron chi connectivity index (χ3n) is 4.43. The highest BCUT2D eigenvalue weighted by molar-refractivity contribution is 6.06. The molecule has 3 N–H and O–H groups in total. The maximum atomic E-state index is 12.5. The van der Waals surface area contributed by atoms with E-state index in [2.05, 4.69) is 10.6 Å². The second-order valence-corrected chi connectivity index (χ2v) is 6.62. The van der Waals surface area contributed by atoms with E-state index in [1.165, 1.54) is 36.4 Å². The summed E-state index contributed by atoms with van der Waals surface area (Å²) in [7, 11) is 0. The Kier molecular flexibility index (Phi) is 7.42. The third kappa shape index (κ3) is 5.85. The minimum Gasteiger partial charge on any atom is -0.507 e. The molecule has 0 aliphatic carbocycles. The fourth-order valence-corrected chi connectivity index (χ4v) is 2.85. The van der Waals surface area contributed by atoms with Gasteiger partial charge in [-0.25, -0.2) is 4.79 Å². The van der Waals surface area contributed by atoms with Crippen molar-refractivity contribution < 1.29 is 29.0 Å². The van der Waals surface area contributed by atoms with Gasteiger partial charge in [0.1, 0.15) is 11.5 Å². The number of carbonyl (C=O) groups excluding carboxylic acids is 3. The van der Waals surface area contributed by atoms with Gasteiger partial charge in [0.05, 0.1) is 12.2 Å². The second-order valence-electron chi connectivity index (χ2n) is 6.62. The first-order chi connectivity index (χ1) is 15.5. The largest absolute Gasteiger partial charge is 0.513 e. The van der Waals surface area contributed by atoms with Gasteiger partial charge in [0.2, 0.25) is 0 Å². The van der Waals surface area contributed by atoms with Crippen LogP contribution in [0.2, 0.25) is 0 Å². The standard InChI is InChI=1S/C24H22N2O6/c1-2-31-24(30)32-18-13-11-16(12-14-18)22(28)25-15-17-7-3-5-9-20(17)26-23(29)19-8-4-6-10-21(19)27/h3-14,27H,2,15H2,1H3,(H,25,28)(H,26,29). The molecule has 0 aromatic heterocycles. The number of para-hydroxylation sites is 2. The number of amides is 2. The van der Waals surface area contributed by atoms with Crippen molar-refractivity contribution in [2.45, 2.75) is 13.5 Å². The van der Waals surface area contributed by atoms with E-state index >= 15 is 0 Å². The zero-order valence-electron chi connectivity index (χ0n) is 17.3. The Hall–Kier alpha value is -4.33. The average Bonchev–Trinajstić information content (AvgIpc) is 2.79. The van der Waals surface area contributed by atoms with E-state index < -0.39 is 12.1 Å². The number of carbonyl (C=O) groups is 3. The normalized spacial score (nSPS) is 10.2. The van der Waals surface area contributed by atoms with Crippen LogP contribution >= 0.6 is 0 Å². The monoisotopic (exact) mass is 434 g/mol. The number of nitrogens with one attached hydrogen (secondary N) is 2. The van der Waals surface area contributed by atoms with Gasteiger partial charge in [-0.05, 0) is 55.0 Å². The fraction of sp³-hybridized carbons (Fsp3) is 0.125. The van der Waals surface area contributed by atoms with E-state index in [1.54, 1.807) is 43.3 Å². The number of hydrogen-bond acceptors (Lipinski definition) is 6. The zero-order chi connectivity index (χ0) is 22.9. The maximum Gasteiger partial charge on any atom is 0.513 e. The van der Waals surface area contributed by atoms with Gasteiger partial charge in [-0.3, -0.25) is 9.59 Å². The van der Waals surface area contributed by atoms with Crippen molar-refractivity contribution in [2.75, 3.05) is 11.9 Å². The minimum absolute atomic E-state index is 0.119. The minimum atomic E-state index is -0.813. The van der Waals surface area contributed by atoms with E-state index in [0.717, 1.165) is 0 Å². The molecular formula is C24H22N2O6. The van der Waals surface area contributed by atoms with E-state index in [9.17, 15) is 19.5 Å². The van der Waals surface area contributed by atoms with Crippen LogP contribution < -0.4 is 15.4 Å². The smallest absolute Gasteiger partial charge is 0.507 e. The lowest BCUT2D eigenvalue weighted by atomic mass is 10.1. The molecule has 0 saturated heterocycles. The van der Waals surface area contributed by atoms with Crippen molar-refractivity contribution in [3.63, 3.8) is 0 Å². The van der Waals surface area contributed by atoms with Crippen molar-refractivity contribution >= 4 is 23.7 Å². The van der Waals surface area contributed by atoms with Crippen LogP contribution in [0.3, 0.4) is 0 Å². The van der Waals surface area contributed by atoms with Crippen molar-refractivity contribution in [1.29, 1.82) is 0 Å². The number of anilines is 1. The molecule has 0 atom stereocenters. The van der Waals surface area contributed by atoms with Gasteiger partial charge in [-0.1, -0.05) is 30.3 Å². The molecule has 0 radical (unpaired) electrons. The Labute approximate surface area is 184 Å². The Morgan fingerprint density at radius 2 is 1.56 bits per heavy atom. The number of hydrogen-bond donors (Lipinski definition) is 3. The highest BCUT2D eigenvalue weighted by Gasteiger charge is 2.13. The highest BCUT2D eigenvalue weighted by Crippen LogP contribution is 2.20. The summed E-state index contributed by atoms with van der Waals surface area (Å²) in [4.78, 5) is 36.3. The molecule has 0 aliphatic rings. The van der Waals surface area contributed by atoms with Crippen LogP contribution in [0.5, 0.6) is 11.5 Å². The summed E-state index contributed by atoms with van der Waals surface area (Å²) in [5.74, 6) is -0.656. The van der Waals surface area contributed by atoms with Crippen LogP contribution in [0.4, 0.5) is 10.5 Å². The summed E-state index contributed by atoms with van der Waals surface area (Å²) in [5, 5.41) is 15.4. The lowest BCUT2D eigenvalue weighted by Crippen LogP contribution is -2.24. The molecule has 0 spiro atoms. The molecule has 8 heteroatoms. The quantitative estimate of drug-likeness (QED) is 0.381. The molecule has 0 bridgehead atoms. The van der Waals surface area contributed by atoms with E-state index in [-0.39, 0.29) is 36.1 Å². The number of ether oxygens (including phenoxy) is 2. The predicted octanol–water partition coefficient (Wildman–Crippen LogP) is 4.11. The summed E-state index contributed by atoms with van der Waals surface area (Å²) >= 11 is 0. The molecular weight excluding hydrogens is 412 g/mol. The maximum absolute atomic E-state index is 12.5.